The molecule has 1 atom stereocenters. The molecule has 32 heavy (non-hydrogen) atoms. The Morgan fingerprint density at radius 2 is 1.88 bits per heavy atom. The van der Waals surface area contributed by atoms with Crippen molar-refractivity contribution in [3.05, 3.63) is 112 Å². The molecule has 1 aliphatic rings. The predicted molar refractivity (Wildman–Crippen MR) is 122 cm³/mol. The maximum absolute atomic E-state index is 13.6. The number of ether oxygens (including phenoxy) is 1. The molecular formula is C26H20N2O4. The summed E-state index contributed by atoms with van der Waals surface area (Å²) in [6, 6.07) is 17.3. The van der Waals surface area contributed by atoms with Crippen LogP contribution in [0, 0.1) is 6.92 Å². The van der Waals surface area contributed by atoms with E-state index in [4.69, 9.17) is 9.15 Å². The van der Waals surface area contributed by atoms with Crippen molar-refractivity contribution in [2.24, 2.45) is 0 Å². The molecule has 2 aromatic carbocycles. The minimum atomic E-state index is -0.666. The van der Waals surface area contributed by atoms with Crippen molar-refractivity contribution in [2.45, 2.75) is 13.0 Å². The number of benzene rings is 2. The fraction of sp³-hybridized carbons (Fsp3) is 0.115. The molecule has 0 N–H and O–H groups in total. The lowest BCUT2D eigenvalue weighted by Crippen LogP contribution is -2.30. The number of para-hydroxylation sites is 1. The number of amides is 1. The van der Waals surface area contributed by atoms with Gasteiger partial charge < -0.3 is 9.15 Å². The largest absolute Gasteiger partial charge is 0.490 e. The molecule has 1 unspecified atom stereocenters. The molecule has 0 saturated heterocycles. The van der Waals surface area contributed by atoms with Gasteiger partial charge in [-0.25, -0.2) is 4.98 Å². The number of aryl methyl sites for hydroxylation is 1. The number of nitrogens with zero attached hydrogens (tertiary/aromatic N) is 2. The Labute approximate surface area is 184 Å². The van der Waals surface area contributed by atoms with Crippen LogP contribution < -0.4 is 15.1 Å². The Morgan fingerprint density at radius 1 is 1.09 bits per heavy atom. The quantitative estimate of drug-likeness (QED) is 0.430. The summed E-state index contributed by atoms with van der Waals surface area (Å²) in [7, 11) is 0. The second-order valence-electron chi connectivity index (χ2n) is 7.56. The topological polar surface area (TPSA) is 72.6 Å². The molecule has 4 aromatic rings. The summed E-state index contributed by atoms with van der Waals surface area (Å²) in [6.45, 7) is 5.93. The fourth-order valence-corrected chi connectivity index (χ4v) is 4.08. The number of carbonyl (C=O) groups is 1. The van der Waals surface area contributed by atoms with E-state index < -0.39 is 6.04 Å². The molecule has 1 aliphatic heterocycles. The molecule has 0 saturated carbocycles. The number of anilines is 1. The van der Waals surface area contributed by atoms with Gasteiger partial charge in [0.05, 0.1) is 17.0 Å². The predicted octanol–water partition coefficient (Wildman–Crippen LogP) is 4.81. The van der Waals surface area contributed by atoms with E-state index in [1.807, 2.05) is 43.3 Å². The van der Waals surface area contributed by atoms with E-state index in [-0.39, 0.29) is 17.1 Å². The zero-order valence-electron chi connectivity index (χ0n) is 17.4. The average molecular weight is 424 g/mol. The summed E-state index contributed by atoms with van der Waals surface area (Å²) < 4.78 is 11.5. The summed E-state index contributed by atoms with van der Waals surface area (Å²) in [6.07, 6.45) is 3.30. The van der Waals surface area contributed by atoms with Gasteiger partial charge in [0, 0.05) is 6.20 Å². The van der Waals surface area contributed by atoms with Crippen LogP contribution in [-0.4, -0.2) is 17.5 Å². The lowest BCUT2D eigenvalue weighted by atomic mass is 9.98. The maximum atomic E-state index is 13.6. The third kappa shape index (κ3) is 3.08. The number of fused-ring (bicyclic) bond motifs is 2. The molecule has 158 valence electrons. The Balaban J connectivity index is 1.74. The standard InChI is InChI=1S/C26H20N2O4/c1-3-15-31-18-12-10-17(11-13-18)22-21-23(29)19-8-4-5-9-20(19)32-24(21)26(30)28(22)25-16(2)7-6-14-27-25/h3-14,22H,1,15H2,2H3. The van der Waals surface area contributed by atoms with Gasteiger partial charge in [0.1, 0.15) is 23.8 Å². The van der Waals surface area contributed by atoms with E-state index in [0.717, 1.165) is 11.1 Å². The van der Waals surface area contributed by atoms with Crippen molar-refractivity contribution < 1.29 is 13.9 Å². The molecule has 1 amide bonds. The average Bonchev–Trinajstić information content (AvgIpc) is 3.11. The van der Waals surface area contributed by atoms with Gasteiger partial charge >= 0.3 is 0 Å². The van der Waals surface area contributed by atoms with Crippen molar-refractivity contribution in [2.75, 3.05) is 11.5 Å². The molecule has 6 nitrogen and oxygen atoms in total. The van der Waals surface area contributed by atoms with Crippen LogP contribution in [0.25, 0.3) is 11.0 Å². The van der Waals surface area contributed by atoms with Gasteiger partial charge in [0.2, 0.25) is 5.76 Å². The van der Waals surface area contributed by atoms with E-state index in [1.165, 1.54) is 0 Å². The molecule has 6 heteroatoms. The van der Waals surface area contributed by atoms with Crippen LogP contribution in [0.5, 0.6) is 5.75 Å². The molecule has 3 heterocycles. The number of rotatable bonds is 5. The summed E-state index contributed by atoms with van der Waals surface area (Å²) in [4.78, 5) is 33.1. The summed E-state index contributed by atoms with van der Waals surface area (Å²) >= 11 is 0. The van der Waals surface area contributed by atoms with Crippen molar-refractivity contribution in [1.29, 1.82) is 0 Å². The van der Waals surface area contributed by atoms with Crippen LogP contribution in [0.3, 0.4) is 0 Å². The first-order chi connectivity index (χ1) is 15.6. The van der Waals surface area contributed by atoms with Crippen LogP contribution in [-0.2, 0) is 0 Å². The summed E-state index contributed by atoms with van der Waals surface area (Å²) in [5, 5.41) is 0.439. The molecule has 0 radical (unpaired) electrons. The molecule has 0 fully saturated rings. The molecule has 5 rings (SSSR count). The lowest BCUT2D eigenvalue weighted by Gasteiger charge is -2.25. The Morgan fingerprint density at radius 3 is 2.62 bits per heavy atom. The number of hydrogen-bond acceptors (Lipinski definition) is 5. The highest BCUT2D eigenvalue weighted by atomic mass is 16.5. The van der Waals surface area contributed by atoms with Gasteiger partial charge in [-0.15, -0.1) is 0 Å². The van der Waals surface area contributed by atoms with Crippen molar-refractivity contribution in [3.63, 3.8) is 0 Å². The third-order valence-corrected chi connectivity index (χ3v) is 5.55. The van der Waals surface area contributed by atoms with E-state index in [0.29, 0.717) is 34.7 Å². The zero-order chi connectivity index (χ0) is 22.2. The van der Waals surface area contributed by atoms with Crippen LogP contribution in [0.15, 0.2) is 88.7 Å². The molecular weight excluding hydrogens is 404 g/mol. The first-order valence-corrected chi connectivity index (χ1v) is 10.2. The Kier molecular flexibility index (Phi) is 4.82. The van der Waals surface area contributed by atoms with Crippen LogP contribution in [0.2, 0.25) is 0 Å². The number of hydrogen-bond donors (Lipinski definition) is 0. The van der Waals surface area contributed by atoms with Gasteiger partial charge in [-0.3, -0.25) is 14.5 Å². The van der Waals surface area contributed by atoms with Gasteiger partial charge in [-0.05, 0) is 48.4 Å². The summed E-state index contributed by atoms with van der Waals surface area (Å²) in [5.74, 6) is 0.825. The second-order valence-corrected chi connectivity index (χ2v) is 7.56. The van der Waals surface area contributed by atoms with Gasteiger partial charge in [0.25, 0.3) is 5.91 Å². The van der Waals surface area contributed by atoms with Crippen molar-refractivity contribution in [1.82, 2.24) is 4.98 Å². The lowest BCUT2D eigenvalue weighted by molar-refractivity contribution is 0.0970. The number of carbonyl (C=O) groups excluding carboxylic acids is 1. The van der Waals surface area contributed by atoms with Gasteiger partial charge in [-0.1, -0.05) is 43.0 Å². The zero-order valence-corrected chi connectivity index (χ0v) is 17.4. The Hall–Kier alpha value is -4.19. The Bertz CT molecular complexity index is 1410. The van der Waals surface area contributed by atoms with Gasteiger partial charge in [0.15, 0.2) is 5.43 Å². The van der Waals surface area contributed by atoms with Gasteiger partial charge in [-0.2, -0.15) is 0 Å². The van der Waals surface area contributed by atoms with E-state index in [1.54, 1.807) is 41.4 Å². The number of pyridine rings is 1. The van der Waals surface area contributed by atoms with Crippen LogP contribution in [0.4, 0.5) is 5.82 Å². The molecule has 2 aromatic heterocycles. The third-order valence-electron chi connectivity index (χ3n) is 5.55. The first-order valence-electron chi connectivity index (χ1n) is 10.2. The SMILES string of the molecule is C=CCOc1ccc(C2c3c(oc4ccccc4c3=O)C(=O)N2c2ncccc2C)cc1. The second kappa shape index (κ2) is 7.81. The van der Waals surface area contributed by atoms with Crippen molar-refractivity contribution in [3.8, 4) is 5.75 Å². The molecule has 0 spiro atoms. The molecule has 0 bridgehead atoms. The maximum Gasteiger partial charge on any atom is 0.296 e. The first kappa shape index (κ1) is 19.8. The smallest absolute Gasteiger partial charge is 0.296 e. The van der Waals surface area contributed by atoms with E-state index in [9.17, 15) is 9.59 Å². The van der Waals surface area contributed by atoms with Crippen LogP contribution >= 0.6 is 0 Å². The normalized spacial score (nSPS) is 15.1. The van der Waals surface area contributed by atoms with Crippen LogP contribution in [0.1, 0.15) is 33.3 Å². The fourth-order valence-electron chi connectivity index (χ4n) is 4.08. The highest BCUT2D eigenvalue weighted by Crippen LogP contribution is 2.41. The summed E-state index contributed by atoms with van der Waals surface area (Å²) in [5.41, 5.74) is 2.06. The number of aromatic nitrogens is 1. The van der Waals surface area contributed by atoms with E-state index in [2.05, 4.69) is 11.6 Å². The highest BCUT2D eigenvalue weighted by molar-refractivity contribution is 6.10. The van der Waals surface area contributed by atoms with E-state index >= 15 is 0 Å². The van der Waals surface area contributed by atoms with Crippen molar-refractivity contribution >= 4 is 22.7 Å². The molecule has 0 aliphatic carbocycles. The highest BCUT2D eigenvalue weighted by Gasteiger charge is 2.44. The monoisotopic (exact) mass is 424 g/mol. The minimum absolute atomic E-state index is 0.0516. The minimum Gasteiger partial charge on any atom is -0.490 e.